The van der Waals surface area contributed by atoms with Gasteiger partial charge in [0.1, 0.15) is 0 Å². The van der Waals surface area contributed by atoms with Crippen LogP contribution in [0.4, 0.5) is 13.2 Å². The zero-order valence-electron chi connectivity index (χ0n) is 6.72. The number of hydrogen-bond donors (Lipinski definition) is 1. The van der Waals surface area contributed by atoms with Crippen LogP contribution in [0.2, 0.25) is 0 Å². The van der Waals surface area contributed by atoms with E-state index < -0.39 is 17.9 Å². The van der Waals surface area contributed by atoms with Crippen molar-refractivity contribution in [2.75, 3.05) is 0 Å². The minimum atomic E-state index is -4.77. The molecule has 0 saturated carbocycles. The molecule has 0 amide bonds. The summed E-state index contributed by atoms with van der Waals surface area (Å²) in [4.78, 5) is 0. The third-order valence-electron chi connectivity index (χ3n) is 1.34. The Hall–Kier alpha value is -1.39. The molecule has 0 fully saturated rings. The van der Waals surface area contributed by atoms with E-state index in [0.717, 1.165) is 6.07 Å². The maximum absolute atomic E-state index is 11.7. The van der Waals surface area contributed by atoms with Crippen LogP contribution in [0.15, 0.2) is 18.2 Å². The molecule has 0 heterocycles. The molecule has 1 aromatic rings. The monoisotopic (exact) mass is 192 g/mol. The van der Waals surface area contributed by atoms with E-state index in [1.807, 2.05) is 0 Å². The van der Waals surface area contributed by atoms with Gasteiger partial charge in [-0.1, -0.05) is 6.07 Å². The lowest BCUT2D eigenvalue weighted by atomic mass is 10.2. The lowest BCUT2D eigenvalue weighted by Gasteiger charge is -2.10. The van der Waals surface area contributed by atoms with Gasteiger partial charge in [0.05, 0.1) is 0 Å². The second kappa shape index (κ2) is 3.16. The number of aromatic hydroxyl groups is 1. The van der Waals surface area contributed by atoms with Crippen molar-refractivity contribution in [2.24, 2.45) is 0 Å². The summed E-state index contributed by atoms with van der Waals surface area (Å²) in [6, 6.07) is 3.68. The van der Waals surface area contributed by atoms with E-state index in [1.165, 1.54) is 12.1 Å². The molecule has 0 spiro atoms. The molecule has 0 aliphatic rings. The molecule has 1 N–H and O–H groups in total. The van der Waals surface area contributed by atoms with Gasteiger partial charge in [0.2, 0.25) is 0 Å². The Bertz CT molecular complexity index is 307. The third kappa shape index (κ3) is 2.85. The Morgan fingerprint density at radius 1 is 1.31 bits per heavy atom. The van der Waals surface area contributed by atoms with Crippen LogP contribution in [-0.2, 0) is 0 Å². The van der Waals surface area contributed by atoms with Crippen molar-refractivity contribution in [3.8, 4) is 11.5 Å². The van der Waals surface area contributed by atoms with Crippen LogP contribution in [0, 0.1) is 6.92 Å². The number of phenolic OH excluding ortho intramolecular Hbond substituents is 1. The predicted octanol–water partition coefficient (Wildman–Crippen LogP) is 2.60. The molecule has 0 radical (unpaired) electrons. The van der Waals surface area contributed by atoms with Crippen LogP contribution in [0.3, 0.4) is 0 Å². The number of phenols is 1. The quantitative estimate of drug-likeness (QED) is 0.741. The first-order valence-corrected chi connectivity index (χ1v) is 3.44. The van der Waals surface area contributed by atoms with Crippen molar-refractivity contribution in [2.45, 2.75) is 13.3 Å². The van der Waals surface area contributed by atoms with E-state index >= 15 is 0 Å². The predicted molar refractivity (Wildman–Crippen MR) is 39.5 cm³/mol. The van der Waals surface area contributed by atoms with Gasteiger partial charge in [-0.3, -0.25) is 0 Å². The Labute approximate surface area is 72.6 Å². The lowest BCUT2D eigenvalue weighted by molar-refractivity contribution is -0.275. The van der Waals surface area contributed by atoms with Gasteiger partial charge in [0.25, 0.3) is 0 Å². The van der Waals surface area contributed by atoms with Gasteiger partial charge in [0, 0.05) is 0 Å². The van der Waals surface area contributed by atoms with Gasteiger partial charge in [-0.15, -0.1) is 13.2 Å². The Kier molecular flexibility index (Phi) is 2.36. The average molecular weight is 192 g/mol. The summed E-state index contributed by atoms with van der Waals surface area (Å²) in [7, 11) is 0. The molecule has 0 atom stereocenters. The van der Waals surface area contributed by atoms with Crippen LogP contribution in [0.25, 0.3) is 0 Å². The second-order valence-corrected chi connectivity index (χ2v) is 2.52. The molecule has 0 aliphatic carbocycles. The van der Waals surface area contributed by atoms with Crippen LogP contribution in [0.1, 0.15) is 5.56 Å². The fourth-order valence-corrected chi connectivity index (χ4v) is 0.838. The molecule has 2 nitrogen and oxygen atoms in total. The minimum Gasteiger partial charge on any atom is -0.504 e. The SMILES string of the molecule is Cc1ccc(OC(F)(F)F)c(O)c1. The molecule has 0 unspecified atom stereocenters. The molecule has 13 heavy (non-hydrogen) atoms. The molecule has 72 valence electrons. The Morgan fingerprint density at radius 3 is 2.38 bits per heavy atom. The number of ether oxygens (including phenoxy) is 1. The first kappa shape index (κ1) is 9.70. The summed E-state index contributed by atoms with van der Waals surface area (Å²) >= 11 is 0. The highest BCUT2D eigenvalue weighted by molar-refractivity contribution is 5.41. The summed E-state index contributed by atoms with van der Waals surface area (Å²) in [6.07, 6.45) is -4.77. The van der Waals surface area contributed by atoms with Gasteiger partial charge in [-0.25, -0.2) is 0 Å². The highest BCUT2D eigenvalue weighted by Gasteiger charge is 2.32. The summed E-state index contributed by atoms with van der Waals surface area (Å²) < 4.78 is 38.6. The van der Waals surface area contributed by atoms with E-state index in [2.05, 4.69) is 4.74 Å². The first-order valence-electron chi connectivity index (χ1n) is 3.44. The molecule has 1 rings (SSSR count). The number of benzene rings is 1. The molecule has 5 heteroatoms. The maximum Gasteiger partial charge on any atom is 0.573 e. The largest absolute Gasteiger partial charge is 0.573 e. The molecular weight excluding hydrogens is 185 g/mol. The molecule has 0 saturated heterocycles. The van der Waals surface area contributed by atoms with Crippen molar-refractivity contribution in [1.29, 1.82) is 0 Å². The van der Waals surface area contributed by atoms with Gasteiger partial charge in [0.15, 0.2) is 11.5 Å². The number of hydrogen-bond acceptors (Lipinski definition) is 2. The fourth-order valence-electron chi connectivity index (χ4n) is 0.838. The van der Waals surface area contributed by atoms with Gasteiger partial charge in [-0.05, 0) is 24.6 Å². The van der Waals surface area contributed by atoms with E-state index in [4.69, 9.17) is 5.11 Å². The number of alkyl halides is 3. The standard InChI is InChI=1S/C8H7F3O2/c1-5-2-3-7(6(12)4-5)13-8(9,10)11/h2-4,12H,1H3. The molecule has 0 bridgehead atoms. The van der Waals surface area contributed by atoms with E-state index in [9.17, 15) is 13.2 Å². The minimum absolute atomic E-state index is 0.516. The van der Waals surface area contributed by atoms with Crippen molar-refractivity contribution >= 4 is 0 Å². The summed E-state index contributed by atoms with van der Waals surface area (Å²) in [5.74, 6) is -1.10. The zero-order chi connectivity index (χ0) is 10.1. The van der Waals surface area contributed by atoms with Gasteiger partial charge in [-0.2, -0.15) is 0 Å². The summed E-state index contributed by atoms with van der Waals surface area (Å²) in [6.45, 7) is 1.65. The maximum atomic E-state index is 11.7. The smallest absolute Gasteiger partial charge is 0.504 e. The Balaban J connectivity index is 2.90. The van der Waals surface area contributed by atoms with E-state index in [-0.39, 0.29) is 0 Å². The fraction of sp³-hybridized carbons (Fsp3) is 0.250. The van der Waals surface area contributed by atoms with Crippen molar-refractivity contribution < 1.29 is 23.0 Å². The molecular formula is C8H7F3O2. The topological polar surface area (TPSA) is 29.5 Å². The molecule has 0 aromatic heterocycles. The second-order valence-electron chi connectivity index (χ2n) is 2.52. The Morgan fingerprint density at radius 2 is 1.92 bits per heavy atom. The highest BCUT2D eigenvalue weighted by Crippen LogP contribution is 2.31. The zero-order valence-corrected chi connectivity index (χ0v) is 6.72. The van der Waals surface area contributed by atoms with Gasteiger partial charge >= 0.3 is 6.36 Å². The van der Waals surface area contributed by atoms with E-state index in [0.29, 0.717) is 5.56 Å². The number of halogens is 3. The highest BCUT2D eigenvalue weighted by atomic mass is 19.4. The third-order valence-corrected chi connectivity index (χ3v) is 1.34. The van der Waals surface area contributed by atoms with Crippen molar-refractivity contribution in [3.63, 3.8) is 0 Å². The lowest BCUT2D eigenvalue weighted by Crippen LogP contribution is -2.17. The summed E-state index contributed by atoms with van der Waals surface area (Å²) in [5, 5.41) is 9.03. The first-order chi connectivity index (χ1) is 5.88. The normalized spacial score (nSPS) is 11.4. The molecule has 0 aliphatic heterocycles. The van der Waals surface area contributed by atoms with Crippen LogP contribution >= 0.6 is 0 Å². The van der Waals surface area contributed by atoms with Crippen LogP contribution in [0.5, 0.6) is 11.5 Å². The van der Waals surface area contributed by atoms with Crippen LogP contribution in [-0.4, -0.2) is 11.5 Å². The number of rotatable bonds is 1. The number of aryl methyl sites for hydroxylation is 1. The average Bonchev–Trinajstić information content (AvgIpc) is 1.93. The van der Waals surface area contributed by atoms with E-state index in [1.54, 1.807) is 6.92 Å². The van der Waals surface area contributed by atoms with Gasteiger partial charge < -0.3 is 9.84 Å². The van der Waals surface area contributed by atoms with Crippen molar-refractivity contribution in [3.05, 3.63) is 23.8 Å². The van der Waals surface area contributed by atoms with Crippen LogP contribution < -0.4 is 4.74 Å². The summed E-state index contributed by atoms with van der Waals surface area (Å²) in [5.41, 5.74) is 0.659. The van der Waals surface area contributed by atoms with Crippen molar-refractivity contribution in [1.82, 2.24) is 0 Å². The molecule has 1 aromatic carbocycles.